The van der Waals surface area contributed by atoms with Crippen LogP contribution in [-0.2, 0) is 14.3 Å². The van der Waals surface area contributed by atoms with Crippen LogP contribution in [0.4, 0.5) is 4.79 Å². The Bertz CT molecular complexity index is 571. The molecule has 1 heterocycles. The van der Waals surface area contributed by atoms with Gasteiger partial charge in [0.25, 0.3) is 0 Å². The Balaban J connectivity index is 2.84. The van der Waals surface area contributed by atoms with Crippen molar-refractivity contribution in [2.75, 3.05) is 20.2 Å². The number of piperidine rings is 1. The van der Waals surface area contributed by atoms with Gasteiger partial charge in [0.05, 0.1) is 13.0 Å². The van der Waals surface area contributed by atoms with Gasteiger partial charge in [-0.25, -0.2) is 4.79 Å². The summed E-state index contributed by atoms with van der Waals surface area (Å²) in [5.74, 6) is -1.21. The van der Waals surface area contributed by atoms with Gasteiger partial charge >= 0.3 is 12.1 Å². The first kappa shape index (κ1) is 20.8. The van der Waals surface area contributed by atoms with Crippen LogP contribution in [0.3, 0.4) is 0 Å². The van der Waals surface area contributed by atoms with Crippen LogP contribution in [0.5, 0.6) is 0 Å². The fourth-order valence-electron chi connectivity index (χ4n) is 2.73. The van der Waals surface area contributed by atoms with Gasteiger partial charge in [-0.2, -0.15) is 0 Å². The molecule has 0 radical (unpaired) electrons. The topological polar surface area (TPSA) is 76.1 Å². The molecule has 1 amide bonds. The van der Waals surface area contributed by atoms with Gasteiger partial charge in [-0.1, -0.05) is 18.2 Å². The maximum Gasteiger partial charge on any atom is 0.410 e. The minimum atomic E-state index is -0.939. The van der Waals surface area contributed by atoms with Crippen LogP contribution in [0.2, 0.25) is 0 Å². The van der Waals surface area contributed by atoms with E-state index in [1.165, 1.54) is 4.90 Å². The van der Waals surface area contributed by atoms with Crippen LogP contribution >= 0.6 is 0 Å². The second-order valence-corrected chi connectivity index (χ2v) is 7.07. The maximum absolute atomic E-state index is 12.2. The molecule has 1 aliphatic rings. The third kappa shape index (κ3) is 6.29. The molecule has 0 bridgehead atoms. The van der Waals surface area contributed by atoms with E-state index in [0.29, 0.717) is 24.3 Å². The van der Waals surface area contributed by atoms with Crippen LogP contribution < -0.4 is 0 Å². The first-order valence-electron chi connectivity index (χ1n) is 8.37. The molecule has 0 unspecified atom stereocenters. The first-order valence-corrected chi connectivity index (χ1v) is 8.37. The van der Waals surface area contributed by atoms with Crippen LogP contribution in [0.25, 0.3) is 0 Å². The van der Waals surface area contributed by atoms with Gasteiger partial charge in [0.2, 0.25) is 0 Å². The van der Waals surface area contributed by atoms with Crippen LogP contribution in [0.1, 0.15) is 34.1 Å². The maximum atomic E-state index is 12.2. The number of ether oxygens (including phenoxy) is 2. The number of carboxylic acids is 1. The molecule has 0 saturated carbocycles. The molecule has 1 N–H and O–H groups in total. The van der Waals surface area contributed by atoms with Crippen molar-refractivity contribution in [2.24, 2.45) is 11.8 Å². The van der Waals surface area contributed by atoms with Crippen molar-refractivity contribution in [2.45, 2.75) is 39.7 Å². The third-order valence-electron chi connectivity index (χ3n) is 4.04. The highest BCUT2D eigenvalue weighted by molar-refractivity contribution is 5.74. The summed E-state index contributed by atoms with van der Waals surface area (Å²) in [5.41, 5.74) is 0.106. The minimum absolute atomic E-state index is 0.114. The molecular formula is C19H29NO5. The van der Waals surface area contributed by atoms with Gasteiger partial charge in [0.15, 0.2) is 0 Å². The highest BCUT2D eigenvalue weighted by Crippen LogP contribution is 2.31. The second kappa shape index (κ2) is 8.74. The standard InChI is InChI=1S/C19H29NO5/c1-7-14(24-6)9-8-13(2)15-10-11-20(12-16(15)17(21)22)18(23)25-19(3,4)5/h7-9,15-16H,2,10-12H2,1,3-6H3,(H,21,22)/b9-8-,14-7+/t15-,16-/m0/s1. The van der Waals surface area contributed by atoms with Crippen molar-refractivity contribution in [3.8, 4) is 0 Å². The number of carbonyl (C=O) groups is 2. The number of hydrogen-bond donors (Lipinski definition) is 1. The summed E-state index contributed by atoms with van der Waals surface area (Å²) >= 11 is 0. The summed E-state index contributed by atoms with van der Waals surface area (Å²) in [4.78, 5) is 25.4. The zero-order chi connectivity index (χ0) is 19.2. The minimum Gasteiger partial charge on any atom is -0.497 e. The lowest BCUT2D eigenvalue weighted by atomic mass is 9.80. The Hall–Kier alpha value is -2.24. The van der Waals surface area contributed by atoms with Gasteiger partial charge in [-0.3, -0.25) is 4.79 Å². The van der Waals surface area contributed by atoms with E-state index in [1.807, 2.05) is 13.0 Å². The normalized spacial score (nSPS) is 22.0. The Kier molecular flexibility index (Phi) is 7.27. The molecule has 6 nitrogen and oxygen atoms in total. The largest absolute Gasteiger partial charge is 0.497 e. The Morgan fingerprint density at radius 3 is 2.36 bits per heavy atom. The predicted octanol–water partition coefficient (Wildman–Crippen LogP) is 3.61. The number of aliphatic carboxylic acids is 1. The van der Waals surface area contributed by atoms with Gasteiger partial charge in [-0.05, 0) is 52.2 Å². The molecule has 1 aliphatic heterocycles. The third-order valence-corrected chi connectivity index (χ3v) is 4.04. The molecule has 0 aromatic carbocycles. The number of amides is 1. The summed E-state index contributed by atoms with van der Waals surface area (Å²) in [6.07, 6.45) is 5.40. The molecule has 0 aliphatic carbocycles. The number of carbonyl (C=O) groups excluding carboxylic acids is 1. The number of nitrogens with zero attached hydrogens (tertiary/aromatic N) is 1. The molecule has 6 heteroatoms. The smallest absolute Gasteiger partial charge is 0.410 e. The van der Waals surface area contributed by atoms with Crippen molar-refractivity contribution in [3.05, 3.63) is 36.1 Å². The van der Waals surface area contributed by atoms with E-state index < -0.39 is 23.6 Å². The van der Waals surface area contributed by atoms with Crippen LogP contribution in [0.15, 0.2) is 36.1 Å². The Labute approximate surface area is 149 Å². The summed E-state index contributed by atoms with van der Waals surface area (Å²) in [5, 5.41) is 9.58. The zero-order valence-corrected chi connectivity index (χ0v) is 15.7. The molecule has 0 aromatic rings. The van der Waals surface area contributed by atoms with Gasteiger partial charge in [0, 0.05) is 13.1 Å². The molecule has 25 heavy (non-hydrogen) atoms. The first-order chi connectivity index (χ1) is 11.6. The fourth-order valence-corrected chi connectivity index (χ4v) is 2.73. The van der Waals surface area contributed by atoms with Crippen LogP contribution in [0, 0.1) is 11.8 Å². The van der Waals surface area contributed by atoms with Crippen molar-refractivity contribution >= 4 is 12.1 Å². The van der Waals surface area contributed by atoms with E-state index in [2.05, 4.69) is 6.58 Å². The monoisotopic (exact) mass is 351 g/mol. The molecule has 0 aromatic heterocycles. The highest BCUT2D eigenvalue weighted by Gasteiger charge is 2.38. The van der Waals surface area contributed by atoms with E-state index in [9.17, 15) is 14.7 Å². The second-order valence-electron chi connectivity index (χ2n) is 7.07. The molecule has 1 saturated heterocycles. The Morgan fingerprint density at radius 2 is 1.88 bits per heavy atom. The quantitative estimate of drug-likeness (QED) is 0.605. The lowest BCUT2D eigenvalue weighted by Gasteiger charge is -2.37. The van der Waals surface area contributed by atoms with Crippen molar-refractivity contribution in [1.29, 1.82) is 0 Å². The van der Waals surface area contributed by atoms with E-state index in [4.69, 9.17) is 9.47 Å². The number of carboxylic acid groups (broad SMARTS) is 1. The number of methoxy groups -OCH3 is 1. The molecule has 2 atom stereocenters. The molecular weight excluding hydrogens is 322 g/mol. The average molecular weight is 351 g/mol. The Morgan fingerprint density at radius 1 is 1.24 bits per heavy atom. The number of allylic oxidation sites excluding steroid dienone is 4. The SMILES string of the molecule is C=C(/C=C\C(=C/C)OC)[C@@H]1CCN(C(=O)OC(C)(C)C)C[C@@H]1C(=O)O. The molecule has 1 fully saturated rings. The molecule has 1 rings (SSSR count). The molecule has 0 spiro atoms. The van der Waals surface area contributed by atoms with Crippen molar-refractivity contribution in [1.82, 2.24) is 4.90 Å². The van der Waals surface area contributed by atoms with E-state index >= 15 is 0 Å². The summed E-state index contributed by atoms with van der Waals surface area (Å²) in [7, 11) is 1.57. The lowest BCUT2D eigenvalue weighted by Crippen LogP contribution is -2.48. The van der Waals surface area contributed by atoms with E-state index in [1.54, 1.807) is 40.0 Å². The number of rotatable bonds is 5. The summed E-state index contributed by atoms with van der Waals surface area (Å²) in [6, 6.07) is 0. The van der Waals surface area contributed by atoms with E-state index in [-0.39, 0.29) is 12.5 Å². The highest BCUT2D eigenvalue weighted by atomic mass is 16.6. The van der Waals surface area contributed by atoms with Gasteiger partial charge in [0.1, 0.15) is 11.4 Å². The summed E-state index contributed by atoms with van der Waals surface area (Å²) < 4.78 is 10.5. The summed E-state index contributed by atoms with van der Waals surface area (Å²) in [6.45, 7) is 11.8. The predicted molar refractivity (Wildman–Crippen MR) is 96.1 cm³/mol. The van der Waals surface area contributed by atoms with Crippen molar-refractivity contribution in [3.63, 3.8) is 0 Å². The van der Waals surface area contributed by atoms with Crippen molar-refractivity contribution < 1.29 is 24.2 Å². The number of hydrogen-bond acceptors (Lipinski definition) is 4. The fraction of sp³-hybridized carbons (Fsp3) is 0.579. The van der Waals surface area contributed by atoms with Gasteiger partial charge < -0.3 is 19.5 Å². The average Bonchev–Trinajstić information content (AvgIpc) is 2.53. The number of likely N-dealkylation sites (tertiary alicyclic amines) is 1. The lowest BCUT2D eigenvalue weighted by molar-refractivity contribution is -0.145. The molecule has 140 valence electrons. The van der Waals surface area contributed by atoms with E-state index in [0.717, 1.165) is 0 Å². The zero-order valence-electron chi connectivity index (χ0n) is 15.7. The van der Waals surface area contributed by atoms with Gasteiger partial charge in [-0.15, -0.1) is 0 Å². The van der Waals surface area contributed by atoms with Crippen LogP contribution in [-0.4, -0.2) is 47.9 Å².